The fourth-order valence-corrected chi connectivity index (χ4v) is 4.36. The molecule has 0 N–H and O–H groups in total. The van der Waals surface area contributed by atoms with Crippen LogP contribution >= 0.6 is 0 Å². The van der Waals surface area contributed by atoms with Crippen LogP contribution in [0.25, 0.3) is 0 Å². The molecule has 3 rings (SSSR count). The topological polar surface area (TPSA) is 81.5 Å². The van der Waals surface area contributed by atoms with Gasteiger partial charge in [0.05, 0.1) is 30.9 Å². The number of carbonyl (C=O) groups is 1. The molecule has 0 saturated carbocycles. The van der Waals surface area contributed by atoms with Crippen molar-refractivity contribution in [2.75, 3.05) is 25.2 Å². The number of aromatic nitrogens is 2. The number of aryl methyl sites for hydroxylation is 1. The Morgan fingerprint density at radius 2 is 2.17 bits per heavy atom. The maximum absolute atomic E-state index is 12.9. The molecule has 1 aliphatic rings. The first-order valence-corrected chi connectivity index (χ1v) is 9.36. The Bertz CT molecular complexity index is 860. The van der Waals surface area contributed by atoms with Crippen LogP contribution in [0.2, 0.25) is 0 Å². The van der Waals surface area contributed by atoms with Crippen LogP contribution in [0.1, 0.15) is 22.0 Å². The summed E-state index contributed by atoms with van der Waals surface area (Å²) >= 11 is 0. The Labute approximate surface area is 140 Å². The number of ether oxygens (including phenoxy) is 1. The van der Waals surface area contributed by atoms with E-state index in [4.69, 9.17) is 4.74 Å². The van der Waals surface area contributed by atoms with Crippen LogP contribution in [0.3, 0.4) is 0 Å². The lowest BCUT2D eigenvalue weighted by molar-refractivity contribution is 0.0697. The van der Waals surface area contributed by atoms with Gasteiger partial charge in [0.15, 0.2) is 9.84 Å². The molecule has 1 aromatic heterocycles. The molecule has 7 nitrogen and oxygen atoms in total. The van der Waals surface area contributed by atoms with E-state index in [9.17, 15) is 13.2 Å². The predicted octanol–water partition coefficient (Wildman–Crippen LogP) is 1.04. The largest absolute Gasteiger partial charge is 0.497 e. The summed E-state index contributed by atoms with van der Waals surface area (Å²) in [6, 6.07) is 6.33. The monoisotopic (exact) mass is 349 g/mol. The fourth-order valence-electron chi connectivity index (χ4n) is 2.86. The van der Waals surface area contributed by atoms with Gasteiger partial charge in [-0.15, -0.1) is 0 Å². The summed E-state index contributed by atoms with van der Waals surface area (Å²) in [5.41, 5.74) is 1.19. The van der Waals surface area contributed by atoms with Crippen molar-refractivity contribution < 1.29 is 17.9 Å². The Morgan fingerprint density at radius 1 is 1.38 bits per heavy atom. The second-order valence-electron chi connectivity index (χ2n) is 5.81. The summed E-state index contributed by atoms with van der Waals surface area (Å²) in [6.45, 7) is 0.165. The third-order valence-electron chi connectivity index (χ3n) is 4.12. The number of methoxy groups -OCH3 is 1. The first kappa shape index (κ1) is 16.5. The van der Waals surface area contributed by atoms with Gasteiger partial charge in [0, 0.05) is 30.9 Å². The lowest BCUT2D eigenvalue weighted by Crippen LogP contribution is -2.46. The van der Waals surface area contributed by atoms with Crippen molar-refractivity contribution in [3.05, 3.63) is 47.8 Å². The van der Waals surface area contributed by atoms with E-state index in [2.05, 4.69) is 5.10 Å². The van der Waals surface area contributed by atoms with Crippen LogP contribution in [0, 0.1) is 0 Å². The number of rotatable bonds is 3. The van der Waals surface area contributed by atoms with E-state index in [0.29, 0.717) is 11.3 Å². The van der Waals surface area contributed by atoms with Gasteiger partial charge in [-0.3, -0.25) is 9.48 Å². The molecule has 0 radical (unpaired) electrons. The van der Waals surface area contributed by atoms with Crippen molar-refractivity contribution in [3.8, 4) is 5.75 Å². The van der Waals surface area contributed by atoms with Gasteiger partial charge >= 0.3 is 0 Å². The Morgan fingerprint density at radius 3 is 2.83 bits per heavy atom. The highest BCUT2D eigenvalue weighted by Gasteiger charge is 2.36. The number of nitrogens with zero attached hydrogens (tertiary/aromatic N) is 3. The van der Waals surface area contributed by atoms with E-state index in [1.807, 2.05) is 0 Å². The van der Waals surface area contributed by atoms with Gasteiger partial charge in [-0.05, 0) is 18.2 Å². The van der Waals surface area contributed by atoms with E-state index >= 15 is 0 Å². The molecule has 128 valence electrons. The van der Waals surface area contributed by atoms with E-state index < -0.39 is 15.9 Å². The lowest BCUT2D eigenvalue weighted by atomic mass is 10.1. The molecule has 1 saturated heterocycles. The maximum Gasteiger partial charge on any atom is 0.254 e. The van der Waals surface area contributed by atoms with Crippen LogP contribution in [0.15, 0.2) is 36.7 Å². The number of benzene rings is 1. The minimum Gasteiger partial charge on any atom is -0.497 e. The SMILES string of the molecule is COc1cccc(C(=O)N2CCS(=O)(=O)C[C@@H]2c2cnn(C)c2)c1. The highest BCUT2D eigenvalue weighted by Crippen LogP contribution is 2.28. The smallest absolute Gasteiger partial charge is 0.254 e. The van der Waals surface area contributed by atoms with Gasteiger partial charge in [-0.1, -0.05) is 6.07 Å². The number of sulfone groups is 1. The Hall–Kier alpha value is -2.35. The van der Waals surface area contributed by atoms with Crippen molar-refractivity contribution in [2.24, 2.45) is 7.05 Å². The third-order valence-corrected chi connectivity index (χ3v) is 5.75. The van der Waals surface area contributed by atoms with Gasteiger partial charge in [0.2, 0.25) is 0 Å². The van der Waals surface area contributed by atoms with Gasteiger partial charge in [0.1, 0.15) is 5.75 Å². The summed E-state index contributed by atoms with van der Waals surface area (Å²) in [5, 5.41) is 4.10. The molecule has 24 heavy (non-hydrogen) atoms. The van der Waals surface area contributed by atoms with E-state index in [-0.39, 0.29) is 24.0 Å². The van der Waals surface area contributed by atoms with Gasteiger partial charge in [0.25, 0.3) is 5.91 Å². The lowest BCUT2D eigenvalue weighted by Gasteiger charge is -2.35. The highest BCUT2D eigenvalue weighted by atomic mass is 32.2. The molecule has 1 atom stereocenters. The van der Waals surface area contributed by atoms with Gasteiger partial charge in [-0.25, -0.2) is 8.42 Å². The van der Waals surface area contributed by atoms with Crippen LogP contribution in [0.4, 0.5) is 0 Å². The minimum absolute atomic E-state index is 0.0283. The fraction of sp³-hybridized carbons (Fsp3) is 0.375. The molecule has 0 spiro atoms. The zero-order chi connectivity index (χ0) is 17.3. The first-order chi connectivity index (χ1) is 11.4. The van der Waals surface area contributed by atoms with Crippen molar-refractivity contribution in [1.29, 1.82) is 0 Å². The summed E-state index contributed by atoms with van der Waals surface area (Å²) < 4.78 is 30.9. The average Bonchev–Trinajstić information content (AvgIpc) is 3.00. The molecule has 1 aromatic carbocycles. The summed E-state index contributed by atoms with van der Waals surface area (Å²) in [7, 11) is 0.108. The molecule has 1 fully saturated rings. The molecule has 1 amide bonds. The van der Waals surface area contributed by atoms with Gasteiger partial charge < -0.3 is 9.64 Å². The molecule has 0 unspecified atom stereocenters. The number of hydrogen-bond acceptors (Lipinski definition) is 5. The zero-order valence-corrected chi connectivity index (χ0v) is 14.4. The molecule has 8 heteroatoms. The molecule has 1 aliphatic heterocycles. The van der Waals surface area contributed by atoms with E-state index in [1.165, 1.54) is 7.11 Å². The highest BCUT2D eigenvalue weighted by molar-refractivity contribution is 7.91. The predicted molar refractivity (Wildman–Crippen MR) is 88.6 cm³/mol. The van der Waals surface area contributed by atoms with Crippen molar-refractivity contribution >= 4 is 15.7 Å². The van der Waals surface area contributed by atoms with Crippen molar-refractivity contribution in [3.63, 3.8) is 0 Å². The van der Waals surface area contributed by atoms with Crippen LogP contribution in [-0.4, -0.2) is 54.2 Å². The standard InChI is InChI=1S/C16H19N3O4S/c1-18-10-13(9-17-18)15-11-24(21,22)7-6-19(15)16(20)12-4-3-5-14(8-12)23-2/h3-5,8-10,15H,6-7,11H2,1-2H3/t15-/m1/s1. The maximum atomic E-state index is 12.9. The minimum atomic E-state index is -3.19. The molecule has 2 heterocycles. The van der Waals surface area contributed by atoms with E-state index in [1.54, 1.807) is 53.3 Å². The summed E-state index contributed by atoms with van der Waals surface area (Å²) in [5.74, 6) is 0.259. The second-order valence-corrected chi connectivity index (χ2v) is 8.04. The molecule has 2 aromatic rings. The first-order valence-electron chi connectivity index (χ1n) is 7.53. The van der Waals surface area contributed by atoms with E-state index in [0.717, 1.165) is 5.56 Å². The van der Waals surface area contributed by atoms with Crippen LogP contribution in [-0.2, 0) is 16.9 Å². The summed E-state index contributed by atoms with van der Waals surface area (Å²) in [4.78, 5) is 14.5. The number of amides is 1. The average molecular weight is 349 g/mol. The Kier molecular flexibility index (Phi) is 4.31. The second kappa shape index (κ2) is 6.27. The zero-order valence-electron chi connectivity index (χ0n) is 13.5. The third kappa shape index (κ3) is 3.28. The number of hydrogen-bond donors (Lipinski definition) is 0. The van der Waals surface area contributed by atoms with Crippen LogP contribution < -0.4 is 4.74 Å². The molecular formula is C16H19N3O4S. The van der Waals surface area contributed by atoms with Gasteiger partial charge in [-0.2, -0.15) is 5.10 Å². The van der Waals surface area contributed by atoms with Crippen LogP contribution in [0.5, 0.6) is 5.75 Å². The van der Waals surface area contributed by atoms with Crippen molar-refractivity contribution in [2.45, 2.75) is 6.04 Å². The molecular weight excluding hydrogens is 330 g/mol. The molecule has 0 bridgehead atoms. The molecule has 0 aliphatic carbocycles. The normalized spacial score (nSPS) is 19.9. The summed E-state index contributed by atoms with van der Waals surface area (Å²) in [6.07, 6.45) is 3.36. The number of carbonyl (C=O) groups excluding carboxylic acids is 1. The van der Waals surface area contributed by atoms with Crippen molar-refractivity contribution in [1.82, 2.24) is 14.7 Å². The quantitative estimate of drug-likeness (QED) is 0.827. The Balaban J connectivity index is 1.95.